The molecule has 0 radical (unpaired) electrons. The van der Waals surface area contributed by atoms with Gasteiger partial charge in [0.15, 0.2) is 0 Å². The van der Waals surface area contributed by atoms with E-state index in [1.807, 2.05) is 0 Å². The van der Waals surface area contributed by atoms with Crippen molar-refractivity contribution in [3.05, 3.63) is 32.8 Å². The minimum Gasteiger partial charge on any atom is -0.543 e. The third kappa shape index (κ3) is 3.32. The first-order valence-electron chi connectivity index (χ1n) is 5.67. The van der Waals surface area contributed by atoms with Crippen LogP contribution in [0.4, 0.5) is 5.69 Å². The fraction of sp³-hybridized carbons (Fsp3) is 0.500. The Hall–Kier alpha value is -0.883. The third-order valence-corrected chi connectivity index (χ3v) is 8.26. The van der Waals surface area contributed by atoms with Crippen LogP contribution in [0.1, 0.15) is 20.8 Å². The van der Waals surface area contributed by atoms with Crippen LogP contribution in [0.3, 0.4) is 0 Å². The van der Waals surface area contributed by atoms with E-state index in [0.29, 0.717) is 10.2 Å². The number of nitro groups is 1. The summed E-state index contributed by atoms with van der Waals surface area (Å²) < 4.78 is 6.73. The lowest BCUT2D eigenvalue weighted by atomic mass is 10.2. The van der Waals surface area contributed by atoms with Gasteiger partial charge >= 0.3 is 0 Å². The van der Waals surface area contributed by atoms with E-state index in [-0.39, 0.29) is 10.7 Å². The number of hydrogen-bond acceptors (Lipinski definition) is 3. The highest BCUT2D eigenvalue weighted by Crippen LogP contribution is 2.39. The van der Waals surface area contributed by atoms with Crippen molar-refractivity contribution in [1.29, 1.82) is 0 Å². The highest BCUT2D eigenvalue weighted by atomic mass is 79.9. The zero-order valence-corrected chi connectivity index (χ0v) is 13.9. The first-order valence-corrected chi connectivity index (χ1v) is 9.38. The van der Waals surface area contributed by atoms with Gasteiger partial charge in [-0.05, 0) is 40.1 Å². The number of nitro benzene ring substituents is 1. The lowest BCUT2D eigenvalue weighted by molar-refractivity contribution is -0.384. The normalized spacial score (nSPS) is 12.3. The summed E-state index contributed by atoms with van der Waals surface area (Å²) >= 11 is 3.33. The van der Waals surface area contributed by atoms with Gasteiger partial charge in [0.1, 0.15) is 5.75 Å². The van der Waals surface area contributed by atoms with E-state index in [1.54, 1.807) is 6.07 Å². The van der Waals surface area contributed by atoms with Gasteiger partial charge in [-0.25, -0.2) is 0 Å². The molecule has 1 aromatic rings. The molecular weight excluding hydrogens is 314 g/mol. The van der Waals surface area contributed by atoms with Crippen molar-refractivity contribution in [2.45, 2.75) is 38.9 Å². The monoisotopic (exact) mass is 331 g/mol. The van der Waals surface area contributed by atoms with Gasteiger partial charge in [0.05, 0.1) is 9.40 Å². The maximum atomic E-state index is 10.7. The summed E-state index contributed by atoms with van der Waals surface area (Å²) in [5.41, 5.74) is 0.0597. The van der Waals surface area contributed by atoms with Crippen molar-refractivity contribution in [1.82, 2.24) is 0 Å². The summed E-state index contributed by atoms with van der Waals surface area (Å²) in [6.45, 7) is 10.7. The molecule has 0 aromatic heterocycles. The van der Waals surface area contributed by atoms with Crippen molar-refractivity contribution in [2.24, 2.45) is 0 Å². The summed E-state index contributed by atoms with van der Waals surface area (Å²) in [6, 6.07) is 4.60. The van der Waals surface area contributed by atoms with Gasteiger partial charge < -0.3 is 4.43 Å². The summed E-state index contributed by atoms with van der Waals surface area (Å²) in [5, 5.41) is 10.8. The van der Waals surface area contributed by atoms with Crippen LogP contribution in [-0.4, -0.2) is 13.2 Å². The molecule has 4 nitrogen and oxygen atoms in total. The predicted octanol–water partition coefficient (Wildman–Crippen LogP) is 4.74. The minimum absolute atomic E-state index is 0.0597. The van der Waals surface area contributed by atoms with Crippen molar-refractivity contribution in [2.75, 3.05) is 0 Å². The molecule has 0 saturated carbocycles. The summed E-state index contributed by atoms with van der Waals surface area (Å²) in [6.07, 6.45) is 0. The Morgan fingerprint density at radius 1 is 1.33 bits per heavy atom. The first kappa shape index (κ1) is 15.2. The molecule has 0 fully saturated rings. The molecule has 18 heavy (non-hydrogen) atoms. The van der Waals surface area contributed by atoms with Crippen LogP contribution in [0.5, 0.6) is 5.75 Å². The number of nitrogens with zero attached hydrogens (tertiary/aromatic N) is 1. The lowest BCUT2D eigenvalue weighted by Gasteiger charge is -2.36. The molecule has 1 aromatic carbocycles. The largest absolute Gasteiger partial charge is 0.543 e. The topological polar surface area (TPSA) is 52.4 Å². The maximum absolute atomic E-state index is 10.7. The van der Waals surface area contributed by atoms with Gasteiger partial charge in [-0.1, -0.05) is 20.8 Å². The van der Waals surface area contributed by atoms with Gasteiger partial charge in [-0.2, -0.15) is 0 Å². The lowest BCUT2D eigenvalue weighted by Crippen LogP contribution is -2.43. The molecule has 0 aliphatic rings. The third-order valence-electron chi connectivity index (χ3n) is 3.30. The van der Waals surface area contributed by atoms with Crippen LogP contribution in [0, 0.1) is 10.1 Å². The van der Waals surface area contributed by atoms with E-state index in [0.717, 1.165) is 0 Å². The van der Waals surface area contributed by atoms with E-state index >= 15 is 0 Å². The molecule has 0 saturated heterocycles. The Morgan fingerprint density at radius 2 is 1.89 bits per heavy atom. The van der Waals surface area contributed by atoms with Crippen LogP contribution in [0.25, 0.3) is 0 Å². The number of benzene rings is 1. The fourth-order valence-corrected chi connectivity index (χ4v) is 2.75. The predicted molar refractivity (Wildman–Crippen MR) is 78.6 cm³/mol. The molecule has 0 heterocycles. The van der Waals surface area contributed by atoms with Gasteiger partial charge in [-0.3, -0.25) is 10.1 Å². The summed E-state index contributed by atoms with van der Waals surface area (Å²) in [5.74, 6) is 0.673. The van der Waals surface area contributed by atoms with Crippen molar-refractivity contribution in [3.63, 3.8) is 0 Å². The molecule has 0 unspecified atom stereocenters. The Morgan fingerprint density at radius 3 is 2.28 bits per heavy atom. The van der Waals surface area contributed by atoms with Crippen LogP contribution in [0.15, 0.2) is 22.7 Å². The fourth-order valence-electron chi connectivity index (χ4n) is 1.11. The average Bonchev–Trinajstić information content (AvgIpc) is 2.18. The zero-order valence-electron chi connectivity index (χ0n) is 11.3. The average molecular weight is 332 g/mol. The molecule has 0 atom stereocenters. The second-order valence-corrected chi connectivity index (χ2v) is 11.3. The highest BCUT2D eigenvalue weighted by molar-refractivity contribution is 9.10. The quantitative estimate of drug-likeness (QED) is 0.456. The molecule has 0 aliphatic carbocycles. The van der Waals surface area contributed by atoms with Crippen molar-refractivity contribution >= 4 is 29.9 Å². The van der Waals surface area contributed by atoms with Crippen molar-refractivity contribution < 1.29 is 9.35 Å². The molecule has 0 spiro atoms. The summed E-state index contributed by atoms with van der Waals surface area (Å²) in [4.78, 5) is 10.2. The molecule has 0 N–H and O–H groups in total. The van der Waals surface area contributed by atoms with E-state index in [1.165, 1.54) is 12.1 Å². The summed E-state index contributed by atoms with van der Waals surface area (Å²) in [7, 11) is -1.92. The highest BCUT2D eigenvalue weighted by Gasteiger charge is 2.39. The first-order chi connectivity index (χ1) is 8.04. The van der Waals surface area contributed by atoms with Crippen LogP contribution >= 0.6 is 15.9 Å². The molecule has 100 valence electrons. The molecule has 0 aliphatic heterocycles. The number of non-ortho nitro benzene ring substituents is 1. The van der Waals surface area contributed by atoms with Gasteiger partial charge in [0, 0.05) is 12.1 Å². The van der Waals surface area contributed by atoms with Gasteiger partial charge in [-0.15, -0.1) is 0 Å². The van der Waals surface area contributed by atoms with Gasteiger partial charge in [0.25, 0.3) is 14.0 Å². The second kappa shape index (κ2) is 5.01. The van der Waals surface area contributed by atoms with E-state index in [9.17, 15) is 10.1 Å². The van der Waals surface area contributed by atoms with Crippen LogP contribution < -0.4 is 4.43 Å². The van der Waals surface area contributed by atoms with E-state index in [2.05, 4.69) is 49.8 Å². The molecule has 0 bridgehead atoms. The second-order valence-electron chi connectivity index (χ2n) is 5.73. The van der Waals surface area contributed by atoms with Crippen molar-refractivity contribution in [3.8, 4) is 5.75 Å². The zero-order chi connectivity index (χ0) is 14.1. The minimum atomic E-state index is -1.92. The molecule has 1 rings (SSSR count). The molecule has 6 heteroatoms. The van der Waals surface area contributed by atoms with Crippen LogP contribution in [0.2, 0.25) is 18.1 Å². The number of rotatable bonds is 3. The van der Waals surface area contributed by atoms with Crippen LogP contribution in [-0.2, 0) is 0 Å². The SMILES string of the molecule is CC(C)(C)[Si](C)(C)Oc1ccc([N+](=O)[O-])cc1Br. The smallest absolute Gasteiger partial charge is 0.270 e. The molecule has 0 amide bonds. The van der Waals surface area contributed by atoms with E-state index < -0.39 is 13.2 Å². The maximum Gasteiger partial charge on any atom is 0.270 e. The Bertz CT molecular complexity index is 469. The molecular formula is C12H18BrNO3Si. The van der Waals surface area contributed by atoms with E-state index in [4.69, 9.17) is 4.43 Å². The standard InChI is InChI=1S/C12H18BrNO3Si/c1-12(2,3)18(4,5)17-11-7-6-9(14(15)16)8-10(11)13/h6-8H,1-5H3. The Kier molecular flexibility index (Phi) is 4.22. The number of hydrogen-bond donors (Lipinski definition) is 0. The van der Waals surface area contributed by atoms with Gasteiger partial charge in [0.2, 0.25) is 0 Å². The number of halogens is 1. The Balaban J connectivity index is 3.03. The Labute approximate surface area is 117 Å².